The van der Waals surface area contributed by atoms with Gasteiger partial charge in [-0.3, -0.25) is 0 Å². The molecule has 1 aromatic carbocycles. The monoisotopic (exact) mass is 183 g/mol. The van der Waals surface area contributed by atoms with Gasteiger partial charge in [-0.25, -0.2) is 4.39 Å². The van der Waals surface area contributed by atoms with Gasteiger partial charge in [0.15, 0.2) is 0 Å². The van der Waals surface area contributed by atoms with Crippen molar-refractivity contribution in [2.75, 3.05) is 13.7 Å². The van der Waals surface area contributed by atoms with Crippen molar-refractivity contribution >= 4 is 0 Å². The summed E-state index contributed by atoms with van der Waals surface area (Å²) in [5, 5.41) is 0. The van der Waals surface area contributed by atoms with Gasteiger partial charge in [0, 0.05) is 7.11 Å². The Morgan fingerprint density at radius 3 is 2.77 bits per heavy atom. The predicted octanol–water partition coefficient (Wildman–Crippen LogP) is 1.78. The molecule has 0 aliphatic heterocycles. The molecule has 0 saturated carbocycles. The molecule has 0 bridgehead atoms. The van der Waals surface area contributed by atoms with Crippen LogP contribution in [-0.2, 0) is 4.74 Å². The molecule has 1 aromatic rings. The van der Waals surface area contributed by atoms with Crippen molar-refractivity contribution in [1.82, 2.24) is 0 Å². The fraction of sp³-hybridized carbons (Fsp3) is 0.400. The molecule has 0 saturated heterocycles. The highest BCUT2D eigenvalue weighted by molar-refractivity contribution is 5.29. The van der Waals surface area contributed by atoms with E-state index in [1.807, 2.05) is 6.92 Å². The van der Waals surface area contributed by atoms with E-state index in [9.17, 15) is 4.39 Å². The molecule has 2 nitrogen and oxygen atoms in total. The van der Waals surface area contributed by atoms with Crippen LogP contribution in [-0.4, -0.2) is 13.7 Å². The Morgan fingerprint density at radius 2 is 2.23 bits per heavy atom. The number of methoxy groups -OCH3 is 1. The highest BCUT2D eigenvalue weighted by atomic mass is 19.1. The van der Waals surface area contributed by atoms with Gasteiger partial charge in [0.1, 0.15) is 5.82 Å². The molecule has 1 rings (SSSR count). The molecule has 0 aliphatic rings. The van der Waals surface area contributed by atoms with Crippen LogP contribution in [0.4, 0.5) is 4.39 Å². The Hall–Kier alpha value is -0.930. The van der Waals surface area contributed by atoms with E-state index in [4.69, 9.17) is 10.5 Å². The molecule has 0 aliphatic carbocycles. The van der Waals surface area contributed by atoms with E-state index in [0.717, 1.165) is 11.1 Å². The molecule has 0 radical (unpaired) electrons. The Kier molecular flexibility index (Phi) is 3.39. The molecule has 1 atom stereocenters. The first-order chi connectivity index (χ1) is 6.15. The second kappa shape index (κ2) is 4.35. The summed E-state index contributed by atoms with van der Waals surface area (Å²) in [5.74, 6) is -0.231. The maximum absolute atomic E-state index is 12.7. The summed E-state index contributed by atoms with van der Waals surface area (Å²) in [5.41, 5.74) is 7.61. The standard InChI is InChI=1S/C10H14FNO/c1-7-5-8(11)3-4-9(7)10(12)6-13-2/h3-5,10H,6,12H2,1-2H3/t10-/m0/s1. The van der Waals surface area contributed by atoms with E-state index in [1.54, 1.807) is 13.2 Å². The normalized spacial score (nSPS) is 12.9. The van der Waals surface area contributed by atoms with Gasteiger partial charge in [-0.05, 0) is 30.2 Å². The zero-order chi connectivity index (χ0) is 9.84. The minimum atomic E-state index is -0.231. The van der Waals surface area contributed by atoms with E-state index in [2.05, 4.69) is 0 Å². The van der Waals surface area contributed by atoms with E-state index in [-0.39, 0.29) is 11.9 Å². The lowest BCUT2D eigenvalue weighted by molar-refractivity contribution is 0.180. The number of ether oxygens (including phenoxy) is 1. The number of hydrogen-bond donors (Lipinski definition) is 1. The molecular formula is C10H14FNO. The largest absolute Gasteiger partial charge is 0.383 e. The SMILES string of the molecule is COC[C@H](N)c1ccc(F)cc1C. The highest BCUT2D eigenvalue weighted by Crippen LogP contribution is 2.16. The van der Waals surface area contributed by atoms with Crippen molar-refractivity contribution in [2.45, 2.75) is 13.0 Å². The third kappa shape index (κ3) is 2.50. The topological polar surface area (TPSA) is 35.2 Å². The summed E-state index contributed by atoms with van der Waals surface area (Å²) < 4.78 is 17.6. The third-order valence-corrected chi connectivity index (χ3v) is 1.98. The van der Waals surface area contributed by atoms with Crippen molar-refractivity contribution in [3.8, 4) is 0 Å². The third-order valence-electron chi connectivity index (χ3n) is 1.98. The quantitative estimate of drug-likeness (QED) is 0.775. The number of benzene rings is 1. The summed E-state index contributed by atoms with van der Waals surface area (Å²) >= 11 is 0. The van der Waals surface area contributed by atoms with Crippen LogP contribution in [0.1, 0.15) is 17.2 Å². The average molecular weight is 183 g/mol. The molecule has 3 heteroatoms. The second-order valence-electron chi connectivity index (χ2n) is 3.06. The van der Waals surface area contributed by atoms with Gasteiger partial charge in [-0.1, -0.05) is 6.07 Å². The van der Waals surface area contributed by atoms with Crippen molar-refractivity contribution < 1.29 is 9.13 Å². The molecule has 13 heavy (non-hydrogen) atoms. The predicted molar refractivity (Wildman–Crippen MR) is 49.9 cm³/mol. The second-order valence-corrected chi connectivity index (χ2v) is 3.06. The van der Waals surface area contributed by atoms with Gasteiger partial charge >= 0.3 is 0 Å². The fourth-order valence-electron chi connectivity index (χ4n) is 1.32. The lowest BCUT2D eigenvalue weighted by atomic mass is 10.0. The maximum atomic E-state index is 12.7. The van der Waals surface area contributed by atoms with E-state index >= 15 is 0 Å². The fourth-order valence-corrected chi connectivity index (χ4v) is 1.32. The van der Waals surface area contributed by atoms with Gasteiger partial charge in [-0.2, -0.15) is 0 Å². The van der Waals surface area contributed by atoms with Crippen molar-refractivity contribution in [2.24, 2.45) is 5.73 Å². The summed E-state index contributed by atoms with van der Waals surface area (Å²) in [7, 11) is 1.60. The molecule has 0 heterocycles. The smallest absolute Gasteiger partial charge is 0.123 e. The first-order valence-electron chi connectivity index (χ1n) is 4.15. The number of hydrogen-bond acceptors (Lipinski definition) is 2. The van der Waals surface area contributed by atoms with Gasteiger partial charge < -0.3 is 10.5 Å². The highest BCUT2D eigenvalue weighted by Gasteiger charge is 2.08. The zero-order valence-corrected chi connectivity index (χ0v) is 7.88. The Morgan fingerprint density at radius 1 is 1.54 bits per heavy atom. The van der Waals surface area contributed by atoms with Crippen molar-refractivity contribution in [3.63, 3.8) is 0 Å². The minimum Gasteiger partial charge on any atom is -0.383 e. The summed E-state index contributed by atoms with van der Waals surface area (Å²) in [6.45, 7) is 2.29. The van der Waals surface area contributed by atoms with Crippen molar-refractivity contribution in [3.05, 3.63) is 35.1 Å². The average Bonchev–Trinajstić information content (AvgIpc) is 2.04. The van der Waals surface area contributed by atoms with Crippen molar-refractivity contribution in [1.29, 1.82) is 0 Å². The number of aryl methyl sites for hydroxylation is 1. The molecule has 72 valence electrons. The van der Waals surface area contributed by atoms with Crippen LogP contribution in [0.5, 0.6) is 0 Å². The molecule has 0 amide bonds. The number of rotatable bonds is 3. The van der Waals surface area contributed by atoms with E-state index < -0.39 is 0 Å². The molecule has 0 aromatic heterocycles. The summed E-state index contributed by atoms with van der Waals surface area (Å²) in [4.78, 5) is 0. The molecule has 2 N–H and O–H groups in total. The molecule has 0 fully saturated rings. The maximum Gasteiger partial charge on any atom is 0.123 e. The van der Waals surface area contributed by atoms with E-state index in [0.29, 0.717) is 6.61 Å². The van der Waals surface area contributed by atoms with Crippen LogP contribution in [0.2, 0.25) is 0 Å². The number of nitrogens with two attached hydrogens (primary N) is 1. The molecule has 0 spiro atoms. The minimum absolute atomic E-state index is 0.175. The van der Waals surface area contributed by atoms with Crippen LogP contribution < -0.4 is 5.73 Å². The van der Waals surface area contributed by atoms with E-state index in [1.165, 1.54) is 12.1 Å². The van der Waals surface area contributed by atoms with Gasteiger partial charge in [0.05, 0.1) is 12.6 Å². The lowest BCUT2D eigenvalue weighted by Gasteiger charge is -2.13. The van der Waals surface area contributed by atoms with Gasteiger partial charge in [0.25, 0.3) is 0 Å². The molecular weight excluding hydrogens is 169 g/mol. The summed E-state index contributed by atoms with van der Waals surface area (Å²) in [6.07, 6.45) is 0. The lowest BCUT2D eigenvalue weighted by Crippen LogP contribution is -2.17. The van der Waals surface area contributed by atoms with Gasteiger partial charge in [-0.15, -0.1) is 0 Å². The first kappa shape index (κ1) is 10.2. The summed E-state index contributed by atoms with van der Waals surface area (Å²) in [6, 6.07) is 4.42. The Balaban J connectivity index is 2.88. The Labute approximate surface area is 77.5 Å². The van der Waals surface area contributed by atoms with Crippen LogP contribution in [0, 0.1) is 12.7 Å². The van der Waals surface area contributed by atoms with Crippen LogP contribution in [0.3, 0.4) is 0 Å². The molecule has 0 unspecified atom stereocenters. The first-order valence-corrected chi connectivity index (χ1v) is 4.15. The van der Waals surface area contributed by atoms with Crippen LogP contribution in [0.25, 0.3) is 0 Å². The zero-order valence-electron chi connectivity index (χ0n) is 7.88. The Bertz CT molecular complexity index is 288. The van der Waals surface area contributed by atoms with Crippen LogP contribution in [0.15, 0.2) is 18.2 Å². The van der Waals surface area contributed by atoms with Gasteiger partial charge in [0.2, 0.25) is 0 Å². The number of halogens is 1. The van der Waals surface area contributed by atoms with Crippen LogP contribution >= 0.6 is 0 Å².